The number of furan rings is 1. The number of carbonyl (C=O) groups is 1. The van der Waals surface area contributed by atoms with Gasteiger partial charge in [-0.25, -0.2) is 4.79 Å². The third-order valence-corrected chi connectivity index (χ3v) is 2.79. The Bertz CT molecular complexity index is 333. The molecule has 1 rings (SSSR count). The Labute approximate surface area is 103 Å². The molecule has 17 heavy (non-hydrogen) atoms. The molecule has 0 unspecified atom stereocenters. The first-order valence-corrected chi connectivity index (χ1v) is 6.03. The highest BCUT2D eigenvalue weighted by Gasteiger charge is 2.16. The number of urea groups is 1. The molecule has 0 aliphatic heterocycles. The van der Waals surface area contributed by atoms with Crippen molar-refractivity contribution in [1.29, 1.82) is 0 Å². The highest BCUT2D eigenvalue weighted by Crippen LogP contribution is 2.09. The SMILES string of the molecule is CC(C)C[C@H](C)N(C)C(=O)NCc1ccco1. The molecule has 0 aliphatic carbocycles. The average Bonchev–Trinajstić information content (AvgIpc) is 2.76. The van der Waals surface area contributed by atoms with Gasteiger partial charge in [-0.3, -0.25) is 0 Å². The first-order valence-electron chi connectivity index (χ1n) is 6.03. The molecule has 0 saturated carbocycles. The van der Waals surface area contributed by atoms with Crippen LogP contribution in [0.25, 0.3) is 0 Å². The second kappa shape index (κ2) is 6.33. The summed E-state index contributed by atoms with van der Waals surface area (Å²) < 4.78 is 5.16. The van der Waals surface area contributed by atoms with E-state index in [1.54, 1.807) is 11.2 Å². The Hall–Kier alpha value is -1.45. The van der Waals surface area contributed by atoms with E-state index in [9.17, 15) is 4.79 Å². The van der Waals surface area contributed by atoms with Gasteiger partial charge in [0.2, 0.25) is 0 Å². The number of carbonyl (C=O) groups excluding carboxylic acids is 1. The lowest BCUT2D eigenvalue weighted by molar-refractivity contribution is 0.185. The van der Waals surface area contributed by atoms with Crippen molar-refractivity contribution in [2.45, 2.75) is 39.8 Å². The lowest BCUT2D eigenvalue weighted by atomic mass is 10.0. The van der Waals surface area contributed by atoms with E-state index < -0.39 is 0 Å². The van der Waals surface area contributed by atoms with E-state index in [2.05, 4.69) is 26.1 Å². The van der Waals surface area contributed by atoms with Gasteiger partial charge in [-0.2, -0.15) is 0 Å². The highest BCUT2D eigenvalue weighted by atomic mass is 16.3. The number of amides is 2. The van der Waals surface area contributed by atoms with Gasteiger partial charge in [-0.1, -0.05) is 13.8 Å². The minimum absolute atomic E-state index is 0.0606. The summed E-state index contributed by atoms with van der Waals surface area (Å²) in [5.41, 5.74) is 0. The van der Waals surface area contributed by atoms with Gasteiger partial charge in [-0.05, 0) is 31.4 Å². The van der Waals surface area contributed by atoms with Gasteiger partial charge in [0, 0.05) is 13.1 Å². The molecule has 1 atom stereocenters. The summed E-state index contributed by atoms with van der Waals surface area (Å²) in [4.78, 5) is 13.6. The zero-order chi connectivity index (χ0) is 12.8. The van der Waals surface area contributed by atoms with E-state index in [-0.39, 0.29) is 12.1 Å². The predicted molar refractivity (Wildman–Crippen MR) is 67.6 cm³/mol. The molecule has 2 amide bonds. The summed E-state index contributed by atoms with van der Waals surface area (Å²) in [5, 5.41) is 2.83. The van der Waals surface area contributed by atoms with Crippen LogP contribution >= 0.6 is 0 Å². The van der Waals surface area contributed by atoms with Crippen LogP contribution in [-0.4, -0.2) is 24.0 Å². The molecule has 0 aliphatic rings. The molecule has 0 radical (unpaired) electrons. The lowest BCUT2D eigenvalue weighted by Crippen LogP contribution is -2.42. The first kappa shape index (κ1) is 13.6. The maximum Gasteiger partial charge on any atom is 0.317 e. The van der Waals surface area contributed by atoms with Gasteiger partial charge < -0.3 is 14.6 Å². The topological polar surface area (TPSA) is 45.5 Å². The molecule has 1 aromatic heterocycles. The molecule has 4 heteroatoms. The van der Waals surface area contributed by atoms with Crippen molar-refractivity contribution >= 4 is 6.03 Å². The van der Waals surface area contributed by atoms with Gasteiger partial charge in [0.25, 0.3) is 0 Å². The lowest BCUT2D eigenvalue weighted by Gasteiger charge is -2.26. The van der Waals surface area contributed by atoms with Crippen LogP contribution in [0.2, 0.25) is 0 Å². The Morgan fingerprint density at radius 3 is 2.71 bits per heavy atom. The molecule has 0 fully saturated rings. The second-order valence-corrected chi connectivity index (χ2v) is 4.83. The number of nitrogens with zero attached hydrogens (tertiary/aromatic N) is 1. The van der Waals surface area contributed by atoms with E-state index in [4.69, 9.17) is 4.42 Å². The zero-order valence-electron chi connectivity index (χ0n) is 11.1. The maximum atomic E-state index is 11.8. The molecule has 4 nitrogen and oxygen atoms in total. The zero-order valence-corrected chi connectivity index (χ0v) is 11.1. The van der Waals surface area contributed by atoms with Crippen molar-refractivity contribution in [3.05, 3.63) is 24.2 Å². The number of hydrogen-bond acceptors (Lipinski definition) is 2. The minimum Gasteiger partial charge on any atom is -0.467 e. The first-order chi connectivity index (χ1) is 8.00. The fourth-order valence-corrected chi connectivity index (χ4v) is 1.74. The van der Waals surface area contributed by atoms with E-state index in [1.165, 1.54) is 0 Å². The van der Waals surface area contributed by atoms with Crippen LogP contribution in [0.5, 0.6) is 0 Å². The van der Waals surface area contributed by atoms with Crippen molar-refractivity contribution in [3.63, 3.8) is 0 Å². The third kappa shape index (κ3) is 4.51. The van der Waals surface area contributed by atoms with Gasteiger partial charge in [-0.15, -0.1) is 0 Å². The average molecular weight is 238 g/mol. The van der Waals surface area contributed by atoms with Crippen molar-refractivity contribution in [2.75, 3.05) is 7.05 Å². The monoisotopic (exact) mass is 238 g/mol. The largest absolute Gasteiger partial charge is 0.467 e. The van der Waals surface area contributed by atoms with Crippen molar-refractivity contribution in [3.8, 4) is 0 Å². The molecular formula is C13H22N2O2. The van der Waals surface area contributed by atoms with E-state index >= 15 is 0 Å². The van der Waals surface area contributed by atoms with Gasteiger partial charge in [0.1, 0.15) is 5.76 Å². The van der Waals surface area contributed by atoms with Gasteiger partial charge in [0.15, 0.2) is 0 Å². The van der Waals surface area contributed by atoms with Gasteiger partial charge >= 0.3 is 6.03 Å². The minimum atomic E-state index is -0.0606. The molecular weight excluding hydrogens is 216 g/mol. The van der Waals surface area contributed by atoms with Crippen LogP contribution in [0.15, 0.2) is 22.8 Å². The molecule has 96 valence electrons. The maximum absolute atomic E-state index is 11.8. The summed E-state index contributed by atoms with van der Waals surface area (Å²) in [6.45, 7) is 6.81. The van der Waals surface area contributed by atoms with Crippen LogP contribution in [-0.2, 0) is 6.54 Å². The van der Waals surface area contributed by atoms with Crippen LogP contribution in [0.1, 0.15) is 33.0 Å². The quantitative estimate of drug-likeness (QED) is 0.857. The third-order valence-electron chi connectivity index (χ3n) is 2.79. The van der Waals surface area contributed by atoms with E-state index in [1.807, 2.05) is 19.2 Å². The fourth-order valence-electron chi connectivity index (χ4n) is 1.74. The summed E-state index contributed by atoms with van der Waals surface area (Å²) >= 11 is 0. The molecule has 1 N–H and O–H groups in total. The molecule has 0 bridgehead atoms. The van der Waals surface area contributed by atoms with Crippen LogP contribution in [0.4, 0.5) is 4.79 Å². The Kier molecular flexibility index (Phi) is 5.07. The number of hydrogen-bond donors (Lipinski definition) is 1. The van der Waals surface area contributed by atoms with Crippen LogP contribution < -0.4 is 5.32 Å². The normalized spacial score (nSPS) is 12.5. The molecule has 0 aromatic carbocycles. The van der Waals surface area contributed by atoms with Crippen molar-refractivity contribution < 1.29 is 9.21 Å². The van der Waals surface area contributed by atoms with Crippen molar-refractivity contribution in [1.82, 2.24) is 10.2 Å². The molecule has 0 spiro atoms. The summed E-state index contributed by atoms with van der Waals surface area (Å²) in [5.74, 6) is 1.36. The van der Waals surface area contributed by atoms with E-state index in [0.717, 1.165) is 12.2 Å². The Balaban J connectivity index is 2.36. The van der Waals surface area contributed by atoms with Gasteiger partial charge in [0.05, 0.1) is 12.8 Å². The number of rotatable bonds is 5. The van der Waals surface area contributed by atoms with E-state index in [0.29, 0.717) is 12.5 Å². The standard InChI is InChI=1S/C13H22N2O2/c1-10(2)8-11(3)15(4)13(16)14-9-12-6-5-7-17-12/h5-7,10-11H,8-9H2,1-4H3,(H,14,16)/t11-/m0/s1. The predicted octanol–water partition coefficient (Wildman–Crippen LogP) is 2.86. The molecule has 1 heterocycles. The summed E-state index contributed by atoms with van der Waals surface area (Å²) in [6, 6.07) is 3.84. The summed E-state index contributed by atoms with van der Waals surface area (Å²) in [6.07, 6.45) is 2.61. The molecule has 0 saturated heterocycles. The fraction of sp³-hybridized carbons (Fsp3) is 0.615. The smallest absolute Gasteiger partial charge is 0.317 e. The van der Waals surface area contributed by atoms with Crippen LogP contribution in [0, 0.1) is 5.92 Å². The second-order valence-electron chi connectivity index (χ2n) is 4.83. The van der Waals surface area contributed by atoms with Crippen LogP contribution in [0.3, 0.4) is 0 Å². The highest BCUT2D eigenvalue weighted by molar-refractivity contribution is 5.74. The Morgan fingerprint density at radius 2 is 2.18 bits per heavy atom. The molecule has 1 aromatic rings. The number of nitrogens with one attached hydrogen (secondary N) is 1. The Morgan fingerprint density at radius 1 is 1.47 bits per heavy atom. The van der Waals surface area contributed by atoms with Crippen molar-refractivity contribution in [2.24, 2.45) is 5.92 Å². The summed E-state index contributed by atoms with van der Waals surface area (Å²) in [7, 11) is 1.82.